The van der Waals surface area contributed by atoms with Crippen LogP contribution < -0.4 is 0 Å². The van der Waals surface area contributed by atoms with Crippen molar-refractivity contribution in [3.63, 3.8) is 0 Å². The summed E-state index contributed by atoms with van der Waals surface area (Å²) in [6.07, 6.45) is 0. The number of benzene rings is 8. The Morgan fingerprint density at radius 1 is 0.379 bits per heavy atom. The fourth-order valence-corrected chi connectivity index (χ4v) is 8.43. The van der Waals surface area contributed by atoms with Gasteiger partial charge in [0.05, 0.1) is 39.4 Å². The fourth-order valence-electron chi connectivity index (χ4n) is 8.43. The van der Waals surface area contributed by atoms with E-state index in [1.54, 1.807) is 0 Å². The minimum atomic E-state index is 0.564. The molecule has 6 nitrogen and oxygen atoms in total. The van der Waals surface area contributed by atoms with E-state index in [0.717, 1.165) is 66.6 Å². The van der Waals surface area contributed by atoms with Gasteiger partial charge in [-0.15, -0.1) is 0 Å². The summed E-state index contributed by atoms with van der Waals surface area (Å²) in [5.74, 6) is 1.76. The van der Waals surface area contributed by atoms with Gasteiger partial charge in [0.2, 0.25) is 0 Å². The molecule has 0 radical (unpaired) electrons. The number of nitrogens with zero attached hydrogens (tertiary/aromatic N) is 6. The fraction of sp³-hybridized carbons (Fsp3) is 0. The molecule has 11 rings (SSSR count). The van der Waals surface area contributed by atoms with Gasteiger partial charge in [-0.1, -0.05) is 127 Å². The normalized spacial score (nSPS) is 11.4. The largest absolute Gasteiger partial charge is 0.309 e. The van der Waals surface area contributed by atoms with E-state index in [1.807, 2.05) is 78.9 Å². The highest BCUT2D eigenvalue weighted by atomic mass is 15.0. The number of aromatic nitrogens is 5. The van der Waals surface area contributed by atoms with E-state index in [9.17, 15) is 5.26 Å². The van der Waals surface area contributed by atoms with Crippen LogP contribution in [-0.2, 0) is 0 Å². The maximum Gasteiger partial charge on any atom is 0.164 e. The first kappa shape index (κ1) is 33.2. The number of hydrogen-bond acceptors (Lipinski definition) is 4. The molecule has 0 fully saturated rings. The van der Waals surface area contributed by atoms with Gasteiger partial charge in [0.15, 0.2) is 17.5 Å². The van der Waals surface area contributed by atoms with Crippen molar-refractivity contribution in [3.05, 3.63) is 200 Å². The Morgan fingerprint density at radius 2 is 0.879 bits per heavy atom. The van der Waals surface area contributed by atoms with Crippen LogP contribution in [0.4, 0.5) is 0 Å². The second kappa shape index (κ2) is 13.6. The minimum Gasteiger partial charge on any atom is -0.309 e. The van der Waals surface area contributed by atoms with Crippen molar-refractivity contribution >= 4 is 43.6 Å². The molecule has 0 aliphatic heterocycles. The molecule has 0 aliphatic carbocycles. The molecular formula is C52H32N6. The second-order valence-corrected chi connectivity index (χ2v) is 14.4. The lowest BCUT2D eigenvalue weighted by atomic mass is 9.98. The number of fused-ring (bicyclic) bond motifs is 7. The summed E-state index contributed by atoms with van der Waals surface area (Å²) in [5.41, 5.74) is 11.7. The first-order chi connectivity index (χ1) is 28.7. The van der Waals surface area contributed by atoms with E-state index in [2.05, 4.69) is 130 Å². The summed E-state index contributed by atoms with van der Waals surface area (Å²) in [5, 5.41) is 14.8. The average Bonchev–Trinajstić information content (AvgIpc) is 3.82. The van der Waals surface area contributed by atoms with Gasteiger partial charge in [0, 0.05) is 49.5 Å². The Kier molecular flexibility index (Phi) is 7.76. The molecule has 0 N–H and O–H groups in total. The van der Waals surface area contributed by atoms with Crippen LogP contribution in [0.2, 0.25) is 0 Å². The van der Waals surface area contributed by atoms with Crippen molar-refractivity contribution in [2.24, 2.45) is 0 Å². The van der Waals surface area contributed by atoms with Gasteiger partial charge in [0.1, 0.15) is 0 Å². The lowest BCUT2D eigenvalue weighted by molar-refractivity contribution is 1.07. The van der Waals surface area contributed by atoms with Gasteiger partial charge in [-0.25, -0.2) is 15.0 Å². The molecule has 0 spiro atoms. The molecular weight excluding hydrogens is 709 g/mol. The monoisotopic (exact) mass is 740 g/mol. The van der Waals surface area contributed by atoms with Crippen LogP contribution >= 0.6 is 0 Å². The van der Waals surface area contributed by atoms with Crippen molar-refractivity contribution < 1.29 is 0 Å². The van der Waals surface area contributed by atoms with Crippen molar-refractivity contribution in [1.82, 2.24) is 24.1 Å². The zero-order valence-corrected chi connectivity index (χ0v) is 31.2. The molecule has 0 bridgehead atoms. The molecule has 3 heterocycles. The van der Waals surface area contributed by atoms with Crippen LogP contribution in [0.5, 0.6) is 0 Å². The van der Waals surface area contributed by atoms with Crippen LogP contribution in [0.15, 0.2) is 194 Å². The first-order valence-electron chi connectivity index (χ1n) is 19.3. The van der Waals surface area contributed by atoms with Gasteiger partial charge < -0.3 is 9.13 Å². The number of para-hydroxylation sites is 3. The molecule has 0 atom stereocenters. The Labute approximate surface area is 334 Å². The molecule has 8 aromatic carbocycles. The van der Waals surface area contributed by atoms with E-state index >= 15 is 0 Å². The molecule has 0 unspecified atom stereocenters. The second-order valence-electron chi connectivity index (χ2n) is 14.4. The summed E-state index contributed by atoms with van der Waals surface area (Å²) < 4.78 is 4.74. The van der Waals surface area contributed by atoms with Crippen molar-refractivity contribution in [1.29, 1.82) is 5.26 Å². The summed E-state index contributed by atoms with van der Waals surface area (Å²) in [6.45, 7) is 0. The molecule has 11 aromatic rings. The van der Waals surface area contributed by atoms with E-state index in [0.29, 0.717) is 23.0 Å². The highest BCUT2D eigenvalue weighted by Crippen LogP contribution is 2.44. The smallest absolute Gasteiger partial charge is 0.164 e. The quantitative estimate of drug-likeness (QED) is 0.170. The van der Waals surface area contributed by atoms with E-state index < -0.39 is 0 Å². The average molecular weight is 741 g/mol. The van der Waals surface area contributed by atoms with Crippen molar-refractivity contribution in [2.45, 2.75) is 0 Å². The molecule has 0 saturated heterocycles. The molecule has 0 saturated carbocycles. The Morgan fingerprint density at radius 3 is 1.48 bits per heavy atom. The zero-order valence-electron chi connectivity index (χ0n) is 31.2. The zero-order chi connectivity index (χ0) is 38.6. The molecule has 270 valence electrons. The first-order valence-corrected chi connectivity index (χ1v) is 19.3. The highest BCUT2D eigenvalue weighted by molar-refractivity contribution is 6.29. The van der Waals surface area contributed by atoms with Crippen LogP contribution in [0, 0.1) is 11.3 Å². The van der Waals surface area contributed by atoms with Crippen LogP contribution in [0.3, 0.4) is 0 Å². The van der Waals surface area contributed by atoms with Crippen molar-refractivity contribution in [3.8, 4) is 62.7 Å². The third kappa shape index (κ3) is 5.37. The minimum absolute atomic E-state index is 0.564. The Balaban J connectivity index is 1.20. The third-order valence-corrected chi connectivity index (χ3v) is 11.0. The van der Waals surface area contributed by atoms with Crippen LogP contribution in [-0.4, -0.2) is 24.1 Å². The SMILES string of the molecule is N#Cc1cccc(-c2cc(-c3nc(-c4ccccc4)nc(-c4ccccc4)n3)ccc2-n2c3ccccc3c3c4c5ccccc5n(-c5ccccc5)c4ccc32)c1. The lowest BCUT2D eigenvalue weighted by Crippen LogP contribution is -2.02. The molecule has 0 aliphatic rings. The Hall–Kier alpha value is -8.14. The molecule has 3 aromatic heterocycles. The Bertz CT molecular complexity index is 3340. The molecule has 58 heavy (non-hydrogen) atoms. The van der Waals surface area contributed by atoms with Gasteiger partial charge in [-0.2, -0.15) is 5.26 Å². The summed E-state index contributed by atoms with van der Waals surface area (Å²) in [4.78, 5) is 15.1. The topological polar surface area (TPSA) is 72.3 Å². The summed E-state index contributed by atoms with van der Waals surface area (Å²) in [7, 11) is 0. The highest BCUT2D eigenvalue weighted by Gasteiger charge is 2.23. The standard InChI is InChI=1S/C52H32N6/c53-33-34-15-14-20-37(31-34)42-32-38(52-55-50(35-16-4-1-5-17-35)54-51(56-52)36-18-6-2-7-19-36)27-28-45(42)58-44-26-13-11-24-41(44)49-47(58)30-29-46-48(49)40-23-10-12-25-43(40)57(46)39-21-8-3-9-22-39/h1-32H. The van der Waals surface area contributed by atoms with E-state index in [4.69, 9.17) is 15.0 Å². The van der Waals surface area contributed by atoms with Gasteiger partial charge in [-0.05, 0) is 72.3 Å². The number of hydrogen-bond donors (Lipinski definition) is 0. The number of nitriles is 1. The van der Waals surface area contributed by atoms with Gasteiger partial charge in [-0.3, -0.25) is 0 Å². The summed E-state index contributed by atoms with van der Waals surface area (Å²) >= 11 is 0. The third-order valence-electron chi connectivity index (χ3n) is 11.0. The van der Waals surface area contributed by atoms with Gasteiger partial charge in [0.25, 0.3) is 0 Å². The van der Waals surface area contributed by atoms with E-state index in [-0.39, 0.29) is 0 Å². The molecule has 0 amide bonds. The number of rotatable bonds is 6. The van der Waals surface area contributed by atoms with E-state index in [1.165, 1.54) is 16.2 Å². The van der Waals surface area contributed by atoms with Crippen molar-refractivity contribution in [2.75, 3.05) is 0 Å². The summed E-state index contributed by atoms with van der Waals surface area (Å²) in [6, 6.07) is 69.1. The predicted molar refractivity (Wildman–Crippen MR) is 235 cm³/mol. The predicted octanol–water partition coefficient (Wildman–Crippen LogP) is 12.6. The maximum absolute atomic E-state index is 10.0. The maximum atomic E-state index is 10.0. The lowest BCUT2D eigenvalue weighted by Gasteiger charge is -2.16. The van der Waals surface area contributed by atoms with Crippen LogP contribution in [0.25, 0.3) is 100 Å². The van der Waals surface area contributed by atoms with Gasteiger partial charge >= 0.3 is 0 Å². The van der Waals surface area contributed by atoms with Crippen LogP contribution in [0.1, 0.15) is 5.56 Å². The molecule has 6 heteroatoms.